The molecule has 0 spiro atoms. The van der Waals surface area contributed by atoms with Crippen LogP contribution in [0.4, 0.5) is 0 Å². The van der Waals surface area contributed by atoms with E-state index in [1.807, 2.05) is 7.11 Å². The average Bonchev–Trinajstić information content (AvgIpc) is 2.46. The highest BCUT2D eigenvalue weighted by Crippen LogP contribution is 2.47. The number of hydrogen-bond donors (Lipinski definition) is 1. The highest BCUT2D eigenvalue weighted by atomic mass is 16.5. The maximum atomic E-state index is 6.12. The van der Waals surface area contributed by atoms with Gasteiger partial charge in [0.25, 0.3) is 0 Å². The molecule has 1 N–H and O–H groups in total. The Bertz CT molecular complexity index is 456. The van der Waals surface area contributed by atoms with E-state index in [0.29, 0.717) is 5.41 Å². The predicted molar refractivity (Wildman–Crippen MR) is 89.6 cm³/mol. The van der Waals surface area contributed by atoms with Gasteiger partial charge in [0.15, 0.2) is 0 Å². The smallest absolute Gasteiger partial charge is 0.0872 e. The number of benzene rings is 1. The summed E-state index contributed by atoms with van der Waals surface area (Å²) in [6.45, 7) is 10.1. The zero-order chi connectivity index (χ0) is 15.5. The normalized spacial score (nSPS) is 22.0. The van der Waals surface area contributed by atoms with Crippen molar-refractivity contribution in [2.45, 2.75) is 65.0 Å². The summed E-state index contributed by atoms with van der Waals surface area (Å²) in [6.07, 6.45) is 4.72. The van der Waals surface area contributed by atoms with Crippen molar-refractivity contribution >= 4 is 0 Å². The van der Waals surface area contributed by atoms with Crippen molar-refractivity contribution in [3.63, 3.8) is 0 Å². The zero-order valence-corrected chi connectivity index (χ0v) is 14.3. The average molecular weight is 289 g/mol. The molecule has 1 aliphatic rings. The molecule has 0 bridgehead atoms. The molecule has 2 nitrogen and oxygen atoms in total. The van der Waals surface area contributed by atoms with Crippen LogP contribution in [0.5, 0.6) is 0 Å². The molecule has 1 fully saturated rings. The fourth-order valence-corrected chi connectivity index (χ4v) is 3.62. The van der Waals surface area contributed by atoms with Crippen LogP contribution in [0.25, 0.3) is 0 Å². The Balaban J connectivity index is 2.31. The van der Waals surface area contributed by atoms with E-state index >= 15 is 0 Å². The maximum absolute atomic E-state index is 6.12. The van der Waals surface area contributed by atoms with Gasteiger partial charge in [0.05, 0.1) is 11.6 Å². The third kappa shape index (κ3) is 3.67. The summed E-state index contributed by atoms with van der Waals surface area (Å²) in [5.41, 5.74) is 3.06. The number of aryl methyl sites for hydroxylation is 1. The maximum Gasteiger partial charge on any atom is 0.0872 e. The SMILES string of the molecule is CCNC(c1cccc(C)c1)C1(OC)CCC(C)(C)CC1. The molecule has 0 heterocycles. The Hall–Kier alpha value is -0.860. The first kappa shape index (κ1) is 16.5. The molecule has 2 heteroatoms. The standard InChI is InChI=1S/C19H31NO/c1-6-20-17(16-9-7-8-15(2)14-16)19(21-5)12-10-18(3,4)11-13-19/h7-9,14,17,20H,6,10-13H2,1-5H3. The summed E-state index contributed by atoms with van der Waals surface area (Å²) >= 11 is 0. The van der Waals surface area contributed by atoms with E-state index in [9.17, 15) is 0 Å². The molecule has 2 rings (SSSR count). The van der Waals surface area contributed by atoms with Crippen molar-refractivity contribution in [2.75, 3.05) is 13.7 Å². The van der Waals surface area contributed by atoms with Gasteiger partial charge in [0, 0.05) is 7.11 Å². The summed E-state index contributed by atoms with van der Waals surface area (Å²) in [7, 11) is 1.89. The first-order valence-corrected chi connectivity index (χ1v) is 8.27. The Labute approximate surface area is 130 Å². The van der Waals surface area contributed by atoms with E-state index in [1.165, 1.54) is 24.0 Å². The van der Waals surface area contributed by atoms with Gasteiger partial charge in [0.1, 0.15) is 0 Å². The lowest BCUT2D eigenvalue weighted by Gasteiger charge is -2.47. The molecular formula is C19H31NO. The highest BCUT2D eigenvalue weighted by molar-refractivity contribution is 5.28. The number of nitrogens with one attached hydrogen (secondary N) is 1. The van der Waals surface area contributed by atoms with Crippen molar-refractivity contribution in [1.82, 2.24) is 5.32 Å². The van der Waals surface area contributed by atoms with Crippen LogP contribution in [-0.4, -0.2) is 19.3 Å². The van der Waals surface area contributed by atoms with Gasteiger partial charge in [-0.05, 0) is 50.1 Å². The lowest BCUT2D eigenvalue weighted by atomic mass is 9.67. The second-order valence-corrected chi connectivity index (χ2v) is 7.34. The van der Waals surface area contributed by atoms with Gasteiger partial charge in [-0.3, -0.25) is 0 Å². The van der Waals surface area contributed by atoms with Crippen molar-refractivity contribution in [3.8, 4) is 0 Å². The first-order chi connectivity index (χ1) is 9.92. The number of rotatable bonds is 5. The molecule has 1 aliphatic carbocycles. The lowest BCUT2D eigenvalue weighted by Crippen LogP contribution is -2.49. The summed E-state index contributed by atoms with van der Waals surface area (Å²) in [6, 6.07) is 9.14. The Kier molecular flexibility index (Phi) is 5.11. The molecule has 1 aromatic carbocycles. The third-order valence-electron chi connectivity index (χ3n) is 5.17. The van der Waals surface area contributed by atoms with Gasteiger partial charge < -0.3 is 10.1 Å². The molecule has 21 heavy (non-hydrogen) atoms. The molecule has 0 aliphatic heterocycles. The van der Waals surface area contributed by atoms with E-state index in [1.54, 1.807) is 0 Å². The largest absolute Gasteiger partial charge is 0.376 e. The minimum atomic E-state index is -0.0701. The number of hydrogen-bond acceptors (Lipinski definition) is 2. The van der Waals surface area contributed by atoms with Crippen molar-refractivity contribution < 1.29 is 4.74 Å². The van der Waals surface area contributed by atoms with Gasteiger partial charge in [-0.2, -0.15) is 0 Å². The fraction of sp³-hybridized carbons (Fsp3) is 0.684. The second kappa shape index (κ2) is 6.50. The summed E-state index contributed by atoms with van der Waals surface area (Å²) < 4.78 is 6.12. The summed E-state index contributed by atoms with van der Waals surface area (Å²) in [5, 5.41) is 3.69. The van der Waals surface area contributed by atoms with Crippen molar-refractivity contribution in [1.29, 1.82) is 0 Å². The number of methoxy groups -OCH3 is 1. The van der Waals surface area contributed by atoms with Gasteiger partial charge in [-0.15, -0.1) is 0 Å². The van der Waals surface area contributed by atoms with Crippen LogP contribution >= 0.6 is 0 Å². The molecular weight excluding hydrogens is 258 g/mol. The van der Waals surface area contributed by atoms with Crippen molar-refractivity contribution in [3.05, 3.63) is 35.4 Å². The van der Waals surface area contributed by atoms with Crippen LogP contribution in [0, 0.1) is 12.3 Å². The van der Waals surface area contributed by atoms with Crippen LogP contribution < -0.4 is 5.32 Å². The molecule has 1 unspecified atom stereocenters. The monoisotopic (exact) mass is 289 g/mol. The minimum absolute atomic E-state index is 0.0701. The van der Waals surface area contributed by atoms with E-state index in [-0.39, 0.29) is 11.6 Å². The number of likely N-dealkylation sites (N-methyl/N-ethyl adjacent to an activating group) is 1. The zero-order valence-electron chi connectivity index (χ0n) is 14.3. The molecule has 1 atom stereocenters. The van der Waals surface area contributed by atoms with Gasteiger partial charge >= 0.3 is 0 Å². The lowest BCUT2D eigenvalue weighted by molar-refractivity contribution is -0.0873. The predicted octanol–water partition coefficient (Wildman–Crippen LogP) is 4.63. The van der Waals surface area contributed by atoms with E-state index < -0.39 is 0 Å². The van der Waals surface area contributed by atoms with Crippen LogP contribution in [0.2, 0.25) is 0 Å². The quantitative estimate of drug-likeness (QED) is 0.853. The Morgan fingerprint density at radius 2 is 1.86 bits per heavy atom. The minimum Gasteiger partial charge on any atom is -0.376 e. The van der Waals surface area contributed by atoms with Gasteiger partial charge in [0.2, 0.25) is 0 Å². The van der Waals surface area contributed by atoms with Crippen LogP contribution in [0.1, 0.15) is 63.6 Å². The first-order valence-electron chi connectivity index (χ1n) is 8.27. The van der Waals surface area contributed by atoms with Crippen LogP contribution in [-0.2, 0) is 4.74 Å². The van der Waals surface area contributed by atoms with Gasteiger partial charge in [-0.25, -0.2) is 0 Å². The molecule has 0 aromatic heterocycles. The Morgan fingerprint density at radius 1 is 1.19 bits per heavy atom. The highest BCUT2D eigenvalue weighted by Gasteiger charge is 2.44. The van der Waals surface area contributed by atoms with E-state index in [0.717, 1.165) is 19.4 Å². The van der Waals surface area contributed by atoms with E-state index in [2.05, 4.69) is 57.3 Å². The molecule has 1 aromatic rings. The van der Waals surface area contributed by atoms with Crippen LogP contribution in [0.15, 0.2) is 24.3 Å². The molecule has 0 saturated heterocycles. The van der Waals surface area contributed by atoms with Crippen LogP contribution in [0.3, 0.4) is 0 Å². The Morgan fingerprint density at radius 3 is 2.38 bits per heavy atom. The van der Waals surface area contributed by atoms with E-state index in [4.69, 9.17) is 4.74 Å². The summed E-state index contributed by atoms with van der Waals surface area (Å²) in [5.74, 6) is 0. The number of ether oxygens (including phenoxy) is 1. The molecule has 0 radical (unpaired) electrons. The topological polar surface area (TPSA) is 21.3 Å². The molecule has 0 amide bonds. The second-order valence-electron chi connectivity index (χ2n) is 7.34. The summed E-state index contributed by atoms with van der Waals surface area (Å²) in [4.78, 5) is 0. The van der Waals surface area contributed by atoms with Gasteiger partial charge in [-0.1, -0.05) is 50.6 Å². The third-order valence-corrected chi connectivity index (χ3v) is 5.17. The molecule has 118 valence electrons. The fourth-order valence-electron chi connectivity index (χ4n) is 3.62. The van der Waals surface area contributed by atoms with Crippen molar-refractivity contribution in [2.24, 2.45) is 5.41 Å². The molecule has 1 saturated carbocycles.